The van der Waals surface area contributed by atoms with Gasteiger partial charge in [0.15, 0.2) is 0 Å². The summed E-state index contributed by atoms with van der Waals surface area (Å²) in [6.45, 7) is 7.09. The van der Waals surface area contributed by atoms with Gasteiger partial charge >= 0.3 is 0 Å². The van der Waals surface area contributed by atoms with Gasteiger partial charge in [-0.3, -0.25) is 4.79 Å². The highest BCUT2D eigenvalue weighted by Crippen LogP contribution is 2.39. The van der Waals surface area contributed by atoms with Crippen LogP contribution in [-0.2, 0) is 5.41 Å². The van der Waals surface area contributed by atoms with E-state index in [1.54, 1.807) is 28.8 Å². The Morgan fingerprint density at radius 2 is 1.79 bits per heavy atom. The van der Waals surface area contributed by atoms with Crippen LogP contribution in [-0.4, -0.2) is 23.1 Å². The first-order valence-electron chi connectivity index (χ1n) is 8.15. The van der Waals surface area contributed by atoms with Crippen molar-refractivity contribution in [2.45, 2.75) is 31.6 Å². The van der Waals surface area contributed by atoms with Crippen molar-refractivity contribution in [3.05, 3.63) is 71.0 Å². The maximum Gasteiger partial charge on any atom is 0.255 e. The van der Waals surface area contributed by atoms with E-state index in [-0.39, 0.29) is 22.5 Å². The molecule has 1 aliphatic heterocycles. The molecule has 3 rings (SSSR count). The molecule has 1 aliphatic rings. The minimum atomic E-state index is -0.252. The average Bonchev–Trinajstić information content (AvgIpc) is 3.03. The van der Waals surface area contributed by atoms with E-state index in [1.807, 2.05) is 30.3 Å². The Labute approximate surface area is 147 Å². The molecule has 0 bridgehead atoms. The Morgan fingerprint density at radius 3 is 2.42 bits per heavy atom. The van der Waals surface area contributed by atoms with E-state index < -0.39 is 0 Å². The molecular weight excluding hydrogens is 321 g/mol. The smallest absolute Gasteiger partial charge is 0.255 e. The van der Waals surface area contributed by atoms with Crippen LogP contribution in [0.1, 0.15) is 47.6 Å². The summed E-state index contributed by atoms with van der Waals surface area (Å²) in [7, 11) is 0. The Bertz CT molecular complexity index is 736. The first kappa shape index (κ1) is 17.0. The van der Waals surface area contributed by atoms with Crippen molar-refractivity contribution in [1.82, 2.24) is 4.90 Å². The highest BCUT2D eigenvalue weighted by atomic mass is 32.2. The summed E-state index contributed by atoms with van der Waals surface area (Å²) in [5.41, 5.74) is 2.49. The molecule has 2 aromatic carbocycles. The summed E-state index contributed by atoms with van der Waals surface area (Å²) in [5, 5.41) is -0.249. The average molecular weight is 343 g/mol. The number of carbonyl (C=O) groups is 1. The van der Waals surface area contributed by atoms with E-state index in [1.165, 1.54) is 11.6 Å². The minimum absolute atomic E-state index is 0.0336. The van der Waals surface area contributed by atoms with E-state index in [0.29, 0.717) is 17.7 Å². The standard InChI is InChI=1S/C20H22FNOS/c1-20(2,3)15-10-8-14(9-11-15)18(23)22-12-13-24-19(22)16-6-4-5-7-17(16)21/h4-11,19H,12-13H2,1-3H3/t19-/m0/s1. The predicted octanol–water partition coefficient (Wildman–Crippen LogP) is 5.01. The molecule has 0 unspecified atom stereocenters. The number of benzene rings is 2. The lowest BCUT2D eigenvalue weighted by Gasteiger charge is -2.25. The number of rotatable bonds is 2. The first-order chi connectivity index (χ1) is 11.4. The molecule has 126 valence electrons. The third-order valence-electron chi connectivity index (χ3n) is 4.32. The van der Waals surface area contributed by atoms with E-state index in [9.17, 15) is 9.18 Å². The predicted molar refractivity (Wildman–Crippen MR) is 97.8 cm³/mol. The molecular formula is C20H22FNOS. The van der Waals surface area contributed by atoms with Crippen LogP contribution in [0.4, 0.5) is 4.39 Å². The van der Waals surface area contributed by atoms with Gasteiger partial charge < -0.3 is 4.90 Å². The summed E-state index contributed by atoms with van der Waals surface area (Å²) in [5.74, 6) is 0.539. The van der Waals surface area contributed by atoms with Crippen molar-refractivity contribution >= 4 is 17.7 Å². The number of thioether (sulfide) groups is 1. The van der Waals surface area contributed by atoms with Crippen LogP contribution >= 0.6 is 11.8 Å². The van der Waals surface area contributed by atoms with Crippen molar-refractivity contribution in [1.29, 1.82) is 0 Å². The number of nitrogens with zero attached hydrogens (tertiary/aromatic N) is 1. The van der Waals surface area contributed by atoms with Gasteiger partial charge in [-0.15, -0.1) is 11.8 Å². The maximum atomic E-state index is 14.1. The summed E-state index contributed by atoms with van der Waals surface area (Å²) < 4.78 is 14.1. The molecule has 1 saturated heterocycles. The summed E-state index contributed by atoms with van der Waals surface area (Å²) >= 11 is 1.61. The van der Waals surface area contributed by atoms with E-state index >= 15 is 0 Å². The fourth-order valence-electron chi connectivity index (χ4n) is 2.89. The van der Waals surface area contributed by atoms with Gasteiger partial charge in [-0.25, -0.2) is 4.39 Å². The maximum absolute atomic E-state index is 14.1. The highest BCUT2D eigenvalue weighted by Gasteiger charge is 2.32. The molecule has 1 amide bonds. The molecule has 4 heteroatoms. The van der Waals surface area contributed by atoms with Crippen molar-refractivity contribution in [2.75, 3.05) is 12.3 Å². The molecule has 24 heavy (non-hydrogen) atoms. The molecule has 2 aromatic rings. The SMILES string of the molecule is CC(C)(C)c1ccc(C(=O)N2CCS[C@H]2c2ccccc2F)cc1. The molecule has 2 nitrogen and oxygen atoms in total. The molecule has 1 heterocycles. The summed E-state index contributed by atoms with van der Waals surface area (Å²) in [6, 6.07) is 14.5. The van der Waals surface area contributed by atoms with Crippen LogP contribution in [0, 0.1) is 5.82 Å². The molecule has 1 fully saturated rings. The van der Waals surface area contributed by atoms with Crippen LogP contribution < -0.4 is 0 Å². The lowest BCUT2D eigenvalue weighted by molar-refractivity contribution is 0.0759. The third kappa shape index (κ3) is 3.34. The fraction of sp³-hybridized carbons (Fsp3) is 0.350. The summed E-state index contributed by atoms with van der Waals surface area (Å²) in [6.07, 6.45) is 0. The van der Waals surface area contributed by atoms with E-state index in [2.05, 4.69) is 20.8 Å². The Balaban J connectivity index is 1.85. The zero-order valence-corrected chi connectivity index (χ0v) is 15.1. The van der Waals surface area contributed by atoms with Crippen molar-refractivity contribution in [3.63, 3.8) is 0 Å². The largest absolute Gasteiger partial charge is 0.322 e. The molecule has 0 N–H and O–H groups in total. The third-order valence-corrected chi connectivity index (χ3v) is 5.56. The molecule has 0 saturated carbocycles. The van der Waals surface area contributed by atoms with Gasteiger partial charge in [0.05, 0.1) is 0 Å². The quantitative estimate of drug-likeness (QED) is 0.764. The Kier molecular flexibility index (Phi) is 4.68. The fourth-order valence-corrected chi connectivity index (χ4v) is 4.17. The molecule has 0 radical (unpaired) electrons. The number of hydrogen-bond acceptors (Lipinski definition) is 2. The van der Waals surface area contributed by atoms with Gasteiger partial charge in [0, 0.05) is 23.4 Å². The zero-order valence-electron chi connectivity index (χ0n) is 14.3. The minimum Gasteiger partial charge on any atom is -0.322 e. The molecule has 0 aromatic heterocycles. The lowest BCUT2D eigenvalue weighted by Crippen LogP contribution is -2.30. The lowest BCUT2D eigenvalue weighted by atomic mass is 9.86. The number of hydrogen-bond donors (Lipinski definition) is 0. The topological polar surface area (TPSA) is 20.3 Å². The summed E-state index contributed by atoms with van der Waals surface area (Å²) in [4.78, 5) is 14.7. The monoisotopic (exact) mass is 343 g/mol. The van der Waals surface area contributed by atoms with Crippen LogP contribution in [0.2, 0.25) is 0 Å². The second kappa shape index (κ2) is 6.60. The molecule has 0 aliphatic carbocycles. The van der Waals surface area contributed by atoms with Gasteiger partial charge in [-0.1, -0.05) is 51.1 Å². The van der Waals surface area contributed by atoms with Crippen LogP contribution in [0.5, 0.6) is 0 Å². The second-order valence-electron chi connectivity index (χ2n) is 7.07. The van der Waals surface area contributed by atoms with Gasteiger partial charge in [-0.2, -0.15) is 0 Å². The number of halogens is 1. The van der Waals surface area contributed by atoms with Crippen LogP contribution in [0.15, 0.2) is 48.5 Å². The number of carbonyl (C=O) groups excluding carboxylic acids is 1. The Hall–Kier alpha value is -1.81. The van der Waals surface area contributed by atoms with Gasteiger partial charge in [0.2, 0.25) is 0 Å². The second-order valence-corrected chi connectivity index (χ2v) is 8.26. The van der Waals surface area contributed by atoms with E-state index in [4.69, 9.17) is 0 Å². The van der Waals surface area contributed by atoms with Crippen molar-refractivity contribution in [3.8, 4) is 0 Å². The van der Waals surface area contributed by atoms with Crippen LogP contribution in [0.25, 0.3) is 0 Å². The molecule has 0 spiro atoms. The van der Waals surface area contributed by atoms with Gasteiger partial charge in [0.25, 0.3) is 5.91 Å². The van der Waals surface area contributed by atoms with E-state index in [0.717, 1.165) is 5.75 Å². The molecule has 1 atom stereocenters. The number of amides is 1. The van der Waals surface area contributed by atoms with Gasteiger partial charge in [-0.05, 0) is 29.2 Å². The van der Waals surface area contributed by atoms with Gasteiger partial charge in [0.1, 0.15) is 11.2 Å². The van der Waals surface area contributed by atoms with Crippen molar-refractivity contribution in [2.24, 2.45) is 0 Å². The Morgan fingerprint density at radius 1 is 1.12 bits per heavy atom. The first-order valence-corrected chi connectivity index (χ1v) is 9.20. The zero-order chi connectivity index (χ0) is 17.3. The highest BCUT2D eigenvalue weighted by molar-refractivity contribution is 7.99. The normalized spacial score (nSPS) is 18.0. The van der Waals surface area contributed by atoms with Crippen molar-refractivity contribution < 1.29 is 9.18 Å². The van der Waals surface area contributed by atoms with Crippen LogP contribution in [0.3, 0.4) is 0 Å².